The van der Waals surface area contributed by atoms with Crippen LogP contribution >= 0.6 is 22.7 Å². The monoisotopic (exact) mass is 502 g/mol. The molecule has 4 aromatic rings. The van der Waals surface area contributed by atoms with E-state index in [1.54, 1.807) is 23.3 Å². The van der Waals surface area contributed by atoms with Crippen LogP contribution in [0, 0.1) is 0 Å². The van der Waals surface area contributed by atoms with E-state index in [2.05, 4.69) is 31.7 Å². The summed E-state index contributed by atoms with van der Waals surface area (Å²) in [6.45, 7) is 1.33. The van der Waals surface area contributed by atoms with Crippen molar-refractivity contribution >= 4 is 51.5 Å². The third kappa shape index (κ3) is 5.79. The number of urea groups is 1. The Hall–Kier alpha value is -3.89. The van der Waals surface area contributed by atoms with Crippen molar-refractivity contribution in [3.63, 3.8) is 0 Å². The van der Waals surface area contributed by atoms with Gasteiger partial charge < -0.3 is 10.2 Å². The first-order valence-electron chi connectivity index (χ1n) is 11.1. The molecule has 0 unspecified atom stereocenters. The molecule has 1 aliphatic heterocycles. The van der Waals surface area contributed by atoms with E-state index in [0.717, 1.165) is 29.0 Å². The largest absolute Gasteiger partial charge is 0.324 e. The van der Waals surface area contributed by atoms with Gasteiger partial charge in [0, 0.05) is 36.6 Å². The number of amides is 3. The molecule has 1 aromatic carbocycles. The van der Waals surface area contributed by atoms with Gasteiger partial charge in [0.2, 0.25) is 0 Å². The number of carbonyl (C=O) groups is 2. The van der Waals surface area contributed by atoms with Gasteiger partial charge in [-0.05, 0) is 48.7 Å². The van der Waals surface area contributed by atoms with Crippen molar-refractivity contribution in [1.82, 2.24) is 19.9 Å². The highest BCUT2D eigenvalue weighted by Crippen LogP contribution is 2.30. The maximum absolute atomic E-state index is 12.7. The van der Waals surface area contributed by atoms with Gasteiger partial charge in [-0.2, -0.15) is 0 Å². The van der Waals surface area contributed by atoms with Gasteiger partial charge in [0.1, 0.15) is 5.69 Å². The fourth-order valence-corrected chi connectivity index (χ4v) is 5.03. The summed E-state index contributed by atoms with van der Waals surface area (Å²) in [5, 5.41) is 8.01. The molecule has 4 heterocycles. The number of pyridine rings is 1. The Labute approximate surface area is 210 Å². The number of nitrogens with zero attached hydrogens (tertiary/aromatic N) is 4. The van der Waals surface area contributed by atoms with Gasteiger partial charge in [-0.15, -0.1) is 11.3 Å². The van der Waals surface area contributed by atoms with Crippen LogP contribution in [0.4, 0.5) is 15.6 Å². The third-order valence-corrected chi connectivity index (χ3v) is 7.09. The minimum absolute atomic E-state index is 0.136. The Morgan fingerprint density at radius 3 is 2.51 bits per heavy atom. The summed E-state index contributed by atoms with van der Waals surface area (Å²) in [7, 11) is 0. The van der Waals surface area contributed by atoms with Crippen LogP contribution in [0.25, 0.3) is 16.5 Å². The molecule has 0 bridgehead atoms. The topological polar surface area (TPSA) is 100 Å². The summed E-state index contributed by atoms with van der Waals surface area (Å²) in [4.78, 5) is 40.3. The number of hydrogen-bond donors (Lipinski definition) is 2. The van der Waals surface area contributed by atoms with E-state index >= 15 is 0 Å². The molecule has 3 amide bonds. The summed E-state index contributed by atoms with van der Waals surface area (Å²) in [5.74, 6) is -0.237. The van der Waals surface area contributed by atoms with Crippen molar-refractivity contribution < 1.29 is 9.59 Å². The van der Waals surface area contributed by atoms with Crippen molar-refractivity contribution in [2.24, 2.45) is 0 Å². The standard InChI is InChI=1S/C25H22N6O2S2/c32-23(21-15-34-16-28-21)29-19-6-4-18(5-7-19)22-14-27-24(35-22)30-25(33)31-11-8-17(9-12-31)13-20-3-1-2-10-26-20/h1-7,10,13-16H,8-9,11-12H2,(H,29,32)(H,27,30,33). The lowest BCUT2D eigenvalue weighted by atomic mass is 10.0. The van der Waals surface area contributed by atoms with Gasteiger partial charge in [-0.25, -0.2) is 14.8 Å². The van der Waals surface area contributed by atoms with Gasteiger partial charge in [-0.3, -0.25) is 15.1 Å². The van der Waals surface area contributed by atoms with E-state index in [-0.39, 0.29) is 11.9 Å². The van der Waals surface area contributed by atoms with Crippen molar-refractivity contribution in [1.29, 1.82) is 0 Å². The van der Waals surface area contributed by atoms with Crippen LogP contribution in [0.3, 0.4) is 0 Å². The first-order chi connectivity index (χ1) is 17.1. The Bertz CT molecular complexity index is 1320. The molecule has 5 rings (SSSR count). The average molecular weight is 503 g/mol. The van der Waals surface area contributed by atoms with Crippen LogP contribution in [-0.4, -0.2) is 44.9 Å². The number of anilines is 2. The number of carbonyl (C=O) groups excluding carboxylic acids is 2. The van der Waals surface area contributed by atoms with Gasteiger partial charge >= 0.3 is 6.03 Å². The van der Waals surface area contributed by atoms with Crippen molar-refractivity contribution in [2.45, 2.75) is 12.8 Å². The van der Waals surface area contributed by atoms with Crippen LogP contribution in [-0.2, 0) is 0 Å². The zero-order valence-electron chi connectivity index (χ0n) is 18.7. The lowest BCUT2D eigenvalue weighted by Gasteiger charge is -2.28. The van der Waals surface area contributed by atoms with E-state index in [0.29, 0.717) is 29.6 Å². The van der Waals surface area contributed by atoms with Crippen LogP contribution in [0.5, 0.6) is 0 Å². The molecular formula is C25H22N6O2S2. The quantitative estimate of drug-likeness (QED) is 0.369. The maximum atomic E-state index is 12.7. The molecule has 35 heavy (non-hydrogen) atoms. The highest BCUT2D eigenvalue weighted by molar-refractivity contribution is 7.19. The summed E-state index contributed by atoms with van der Waals surface area (Å²) in [6, 6.07) is 13.2. The zero-order valence-corrected chi connectivity index (χ0v) is 20.3. The SMILES string of the molecule is O=C(Nc1ccc(-c2cnc(NC(=O)N3CCC(=Cc4ccccn4)CC3)s2)cc1)c1cscn1. The van der Waals surface area contributed by atoms with Crippen LogP contribution in [0.1, 0.15) is 29.0 Å². The number of aromatic nitrogens is 3. The second-order valence-electron chi connectivity index (χ2n) is 7.91. The Morgan fingerprint density at radius 1 is 0.971 bits per heavy atom. The number of benzene rings is 1. The lowest BCUT2D eigenvalue weighted by Crippen LogP contribution is -2.39. The predicted octanol–water partition coefficient (Wildman–Crippen LogP) is 5.63. The van der Waals surface area contributed by atoms with Crippen molar-refractivity contribution in [3.05, 3.63) is 82.7 Å². The molecule has 0 saturated carbocycles. The molecule has 0 radical (unpaired) electrons. The Kier molecular flexibility index (Phi) is 6.92. The van der Waals surface area contributed by atoms with Crippen molar-refractivity contribution in [3.8, 4) is 10.4 Å². The molecule has 2 N–H and O–H groups in total. The predicted molar refractivity (Wildman–Crippen MR) is 140 cm³/mol. The minimum Gasteiger partial charge on any atom is -0.324 e. The molecule has 10 heteroatoms. The highest BCUT2D eigenvalue weighted by Gasteiger charge is 2.20. The van der Waals surface area contributed by atoms with Crippen LogP contribution in [0.15, 0.2) is 71.3 Å². The molecule has 1 saturated heterocycles. The number of thiazole rings is 2. The Morgan fingerprint density at radius 2 is 1.80 bits per heavy atom. The molecule has 0 atom stereocenters. The number of nitrogens with one attached hydrogen (secondary N) is 2. The lowest BCUT2D eigenvalue weighted by molar-refractivity contribution is 0.102. The number of piperidine rings is 1. The molecule has 0 aliphatic carbocycles. The van der Waals surface area contributed by atoms with E-state index in [4.69, 9.17) is 0 Å². The second kappa shape index (κ2) is 10.6. The molecule has 0 spiro atoms. The summed E-state index contributed by atoms with van der Waals surface area (Å²) >= 11 is 2.79. The van der Waals surface area contributed by atoms with Gasteiger partial charge in [-0.1, -0.05) is 35.1 Å². The third-order valence-electron chi connectivity index (χ3n) is 5.54. The zero-order chi connectivity index (χ0) is 24.0. The number of rotatable bonds is 5. The fraction of sp³-hybridized carbons (Fsp3) is 0.160. The summed E-state index contributed by atoms with van der Waals surface area (Å²) in [6.07, 6.45) is 7.30. The first kappa shape index (κ1) is 22.9. The minimum atomic E-state index is -0.237. The first-order valence-corrected chi connectivity index (χ1v) is 12.8. The van der Waals surface area contributed by atoms with Crippen molar-refractivity contribution in [2.75, 3.05) is 23.7 Å². The second-order valence-corrected chi connectivity index (χ2v) is 9.66. The van der Waals surface area contributed by atoms with Gasteiger partial charge in [0.15, 0.2) is 5.13 Å². The molecule has 1 aliphatic rings. The maximum Gasteiger partial charge on any atom is 0.323 e. The molecule has 176 valence electrons. The summed E-state index contributed by atoms with van der Waals surface area (Å²) in [5.41, 5.74) is 5.92. The summed E-state index contributed by atoms with van der Waals surface area (Å²) < 4.78 is 0. The molecule has 3 aromatic heterocycles. The van der Waals surface area contributed by atoms with E-state index in [1.165, 1.54) is 28.2 Å². The molecular weight excluding hydrogens is 480 g/mol. The number of hydrogen-bond acceptors (Lipinski definition) is 7. The Balaban J connectivity index is 1.15. The average Bonchev–Trinajstić information content (AvgIpc) is 3.59. The van der Waals surface area contributed by atoms with Gasteiger partial charge in [0.25, 0.3) is 5.91 Å². The van der Waals surface area contributed by atoms with E-state index in [9.17, 15) is 9.59 Å². The van der Waals surface area contributed by atoms with E-state index < -0.39 is 0 Å². The number of likely N-dealkylation sites (tertiary alicyclic amines) is 1. The molecule has 8 nitrogen and oxygen atoms in total. The highest BCUT2D eigenvalue weighted by atomic mass is 32.1. The fourth-order valence-electron chi connectivity index (χ4n) is 3.69. The smallest absolute Gasteiger partial charge is 0.323 e. The normalized spacial score (nSPS) is 13.4. The van der Waals surface area contributed by atoms with Crippen LogP contribution in [0.2, 0.25) is 0 Å². The molecule has 1 fully saturated rings. The van der Waals surface area contributed by atoms with Gasteiger partial charge in [0.05, 0.1) is 16.1 Å². The van der Waals surface area contributed by atoms with E-state index in [1.807, 2.05) is 47.4 Å². The van der Waals surface area contributed by atoms with Crippen LogP contribution < -0.4 is 10.6 Å².